The summed E-state index contributed by atoms with van der Waals surface area (Å²) in [7, 11) is 0. The highest BCUT2D eigenvalue weighted by molar-refractivity contribution is 9.10. The molecule has 1 aliphatic carbocycles. The van der Waals surface area contributed by atoms with Crippen LogP contribution in [0.4, 0.5) is 5.69 Å². The molecule has 2 aliphatic rings. The Labute approximate surface area is 157 Å². The van der Waals surface area contributed by atoms with Crippen LogP contribution in [0.2, 0.25) is 0 Å². The van der Waals surface area contributed by atoms with Gasteiger partial charge in [0.2, 0.25) is 5.91 Å². The van der Waals surface area contributed by atoms with Crippen LogP contribution in [-0.2, 0) is 10.2 Å². The van der Waals surface area contributed by atoms with Gasteiger partial charge in [0, 0.05) is 29.8 Å². The molecule has 1 saturated carbocycles. The molecule has 2 fully saturated rings. The van der Waals surface area contributed by atoms with E-state index in [4.69, 9.17) is 0 Å². The number of nitrogens with one attached hydrogen (secondary N) is 1. The maximum Gasteiger partial charge on any atom is 0.230 e. The van der Waals surface area contributed by atoms with Gasteiger partial charge in [-0.25, -0.2) is 0 Å². The van der Waals surface area contributed by atoms with Gasteiger partial charge in [-0.15, -0.1) is 0 Å². The molecule has 1 heterocycles. The normalized spacial score (nSPS) is 21.2. The molecule has 1 atom stereocenters. The van der Waals surface area contributed by atoms with Crippen LogP contribution in [0.5, 0.6) is 0 Å². The summed E-state index contributed by atoms with van der Waals surface area (Å²) in [6.07, 6.45) is 3.05. The fourth-order valence-corrected chi connectivity index (χ4v) is 4.24. The van der Waals surface area contributed by atoms with Crippen molar-refractivity contribution in [2.75, 3.05) is 24.5 Å². The molecule has 1 aliphatic heterocycles. The monoisotopic (exact) mass is 398 g/mol. The minimum Gasteiger partial charge on any atom is -0.371 e. The molecule has 25 heavy (non-hydrogen) atoms. The SMILES string of the molecule is O=C(NC[C@@H]1CCN(c2ccccc2)C1)C1(c2cccc(Br)c2)CC1. The molecule has 3 nitrogen and oxygen atoms in total. The van der Waals surface area contributed by atoms with Crippen molar-refractivity contribution in [3.63, 3.8) is 0 Å². The zero-order chi connectivity index (χ0) is 17.3. The fraction of sp³-hybridized carbons (Fsp3) is 0.381. The Morgan fingerprint density at radius 2 is 1.96 bits per heavy atom. The number of hydrogen-bond acceptors (Lipinski definition) is 2. The first kappa shape index (κ1) is 16.6. The van der Waals surface area contributed by atoms with Crippen LogP contribution in [0.15, 0.2) is 59.1 Å². The second-order valence-electron chi connectivity index (χ2n) is 7.24. The van der Waals surface area contributed by atoms with E-state index in [1.54, 1.807) is 0 Å². The molecule has 1 amide bonds. The quantitative estimate of drug-likeness (QED) is 0.820. The van der Waals surface area contributed by atoms with Crippen molar-refractivity contribution in [1.82, 2.24) is 5.32 Å². The van der Waals surface area contributed by atoms with E-state index >= 15 is 0 Å². The second-order valence-corrected chi connectivity index (χ2v) is 8.15. The van der Waals surface area contributed by atoms with Gasteiger partial charge in [-0.2, -0.15) is 0 Å². The largest absolute Gasteiger partial charge is 0.371 e. The van der Waals surface area contributed by atoms with E-state index in [1.165, 1.54) is 5.69 Å². The van der Waals surface area contributed by atoms with Crippen LogP contribution >= 0.6 is 15.9 Å². The minimum atomic E-state index is -0.290. The molecule has 4 heteroatoms. The Balaban J connectivity index is 1.34. The summed E-state index contributed by atoms with van der Waals surface area (Å²) in [4.78, 5) is 15.2. The molecular formula is C21H23BrN2O. The van der Waals surface area contributed by atoms with E-state index in [0.717, 1.165) is 48.9 Å². The Morgan fingerprint density at radius 3 is 2.68 bits per heavy atom. The summed E-state index contributed by atoms with van der Waals surface area (Å²) in [6.45, 7) is 2.87. The number of nitrogens with zero attached hydrogens (tertiary/aromatic N) is 1. The number of rotatable bonds is 5. The molecule has 2 aromatic carbocycles. The number of carbonyl (C=O) groups excluding carboxylic acids is 1. The molecule has 130 valence electrons. The summed E-state index contributed by atoms with van der Waals surface area (Å²) in [5.41, 5.74) is 2.13. The van der Waals surface area contributed by atoms with Crippen molar-refractivity contribution in [3.05, 3.63) is 64.6 Å². The van der Waals surface area contributed by atoms with Crippen molar-refractivity contribution in [2.24, 2.45) is 5.92 Å². The third-order valence-corrected chi connectivity index (χ3v) is 6.01. The Morgan fingerprint density at radius 1 is 1.16 bits per heavy atom. The lowest BCUT2D eigenvalue weighted by molar-refractivity contribution is -0.123. The van der Waals surface area contributed by atoms with Gasteiger partial charge >= 0.3 is 0 Å². The molecule has 2 aromatic rings. The summed E-state index contributed by atoms with van der Waals surface area (Å²) in [5, 5.41) is 3.24. The highest BCUT2D eigenvalue weighted by atomic mass is 79.9. The van der Waals surface area contributed by atoms with E-state index in [-0.39, 0.29) is 11.3 Å². The van der Waals surface area contributed by atoms with E-state index in [2.05, 4.69) is 62.5 Å². The van der Waals surface area contributed by atoms with E-state index in [0.29, 0.717) is 5.92 Å². The van der Waals surface area contributed by atoms with Crippen LogP contribution in [0, 0.1) is 5.92 Å². The summed E-state index contributed by atoms with van der Waals surface area (Å²) in [6, 6.07) is 18.7. The number of anilines is 1. The van der Waals surface area contributed by atoms with Gasteiger partial charge in [0.15, 0.2) is 0 Å². The predicted molar refractivity (Wildman–Crippen MR) is 105 cm³/mol. The van der Waals surface area contributed by atoms with E-state index in [1.807, 2.05) is 18.2 Å². The third-order valence-electron chi connectivity index (χ3n) is 5.52. The lowest BCUT2D eigenvalue weighted by Gasteiger charge is -2.20. The van der Waals surface area contributed by atoms with Crippen molar-refractivity contribution >= 4 is 27.5 Å². The average molecular weight is 399 g/mol. The van der Waals surface area contributed by atoms with Gasteiger partial charge < -0.3 is 10.2 Å². The molecular weight excluding hydrogens is 376 g/mol. The van der Waals surface area contributed by atoms with Crippen molar-refractivity contribution in [3.8, 4) is 0 Å². The minimum absolute atomic E-state index is 0.198. The number of halogens is 1. The Kier molecular flexibility index (Phi) is 4.55. The molecule has 1 saturated heterocycles. The summed E-state index contributed by atoms with van der Waals surface area (Å²) < 4.78 is 1.04. The lowest BCUT2D eigenvalue weighted by atomic mass is 9.95. The van der Waals surface area contributed by atoms with Crippen molar-refractivity contribution in [1.29, 1.82) is 0 Å². The van der Waals surface area contributed by atoms with Gasteiger partial charge in [-0.05, 0) is 55.0 Å². The van der Waals surface area contributed by atoms with Gasteiger partial charge in [-0.1, -0.05) is 46.3 Å². The van der Waals surface area contributed by atoms with Crippen LogP contribution in [0.1, 0.15) is 24.8 Å². The molecule has 1 N–H and O–H groups in total. The van der Waals surface area contributed by atoms with Crippen LogP contribution in [0.3, 0.4) is 0 Å². The number of amides is 1. The van der Waals surface area contributed by atoms with E-state index < -0.39 is 0 Å². The summed E-state index contributed by atoms with van der Waals surface area (Å²) in [5.74, 6) is 0.728. The molecule has 4 rings (SSSR count). The zero-order valence-corrected chi connectivity index (χ0v) is 15.8. The fourth-order valence-electron chi connectivity index (χ4n) is 3.84. The van der Waals surface area contributed by atoms with Gasteiger partial charge in [0.25, 0.3) is 0 Å². The second kappa shape index (κ2) is 6.83. The van der Waals surface area contributed by atoms with Crippen LogP contribution < -0.4 is 10.2 Å². The molecule has 0 radical (unpaired) electrons. The first-order valence-electron chi connectivity index (χ1n) is 9.02. The number of carbonyl (C=O) groups is 1. The Hall–Kier alpha value is -1.81. The molecule has 0 spiro atoms. The number of benzene rings is 2. The summed E-state index contributed by atoms with van der Waals surface area (Å²) >= 11 is 3.52. The first-order chi connectivity index (χ1) is 12.2. The smallest absolute Gasteiger partial charge is 0.230 e. The highest BCUT2D eigenvalue weighted by Crippen LogP contribution is 2.48. The third kappa shape index (κ3) is 3.45. The highest BCUT2D eigenvalue weighted by Gasteiger charge is 2.51. The molecule has 0 aromatic heterocycles. The number of para-hydroxylation sites is 1. The first-order valence-corrected chi connectivity index (χ1v) is 9.81. The lowest BCUT2D eigenvalue weighted by Crippen LogP contribution is -2.38. The van der Waals surface area contributed by atoms with Crippen LogP contribution in [-0.4, -0.2) is 25.5 Å². The maximum atomic E-state index is 12.8. The molecule has 0 unspecified atom stereocenters. The van der Waals surface area contributed by atoms with E-state index in [9.17, 15) is 4.79 Å². The van der Waals surface area contributed by atoms with Gasteiger partial charge in [0.05, 0.1) is 5.41 Å². The van der Waals surface area contributed by atoms with Crippen molar-refractivity contribution < 1.29 is 4.79 Å². The molecule has 0 bridgehead atoms. The Bertz CT molecular complexity index is 758. The average Bonchev–Trinajstić information content (AvgIpc) is 3.32. The van der Waals surface area contributed by atoms with Gasteiger partial charge in [0.1, 0.15) is 0 Å². The number of hydrogen-bond donors (Lipinski definition) is 1. The zero-order valence-electron chi connectivity index (χ0n) is 14.2. The standard InChI is InChI=1S/C21H23BrN2O/c22-18-6-4-5-17(13-18)21(10-11-21)20(25)23-14-16-9-12-24(15-16)19-7-2-1-3-8-19/h1-8,13,16H,9-12,14-15H2,(H,23,25)/t16-/m0/s1. The predicted octanol–water partition coefficient (Wildman–Crippen LogP) is 4.12. The van der Waals surface area contributed by atoms with Gasteiger partial charge in [-0.3, -0.25) is 4.79 Å². The topological polar surface area (TPSA) is 32.3 Å². The van der Waals surface area contributed by atoms with Crippen molar-refractivity contribution in [2.45, 2.75) is 24.7 Å². The maximum absolute atomic E-state index is 12.8. The van der Waals surface area contributed by atoms with Crippen LogP contribution in [0.25, 0.3) is 0 Å².